The number of unbranched alkanes of at least 4 members (excludes halogenated alkanes) is 15. The zero-order chi connectivity index (χ0) is 30.3. The highest BCUT2D eigenvalue weighted by molar-refractivity contribution is 5.89. The predicted octanol–water partition coefficient (Wildman–Crippen LogP) is 9.72. The molecule has 2 saturated carbocycles. The summed E-state index contributed by atoms with van der Waals surface area (Å²) in [5, 5.41) is 0. The van der Waals surface area contributed by atoms with Gasteiger partial charge < -0.3 is 9.47 Å². The highest BCUT2D eigenvalue weighted by Crippen LogP contribution is 2.63. The SMILES string of the molecule is C=CC(=O)OC.C=CC(=O)OCCCCCCCCCCCCCCCCCC.CC12CCC(CC1=O)C2(C)C. The molecule has 2 unspecified atom stereocenters. The van der Waals surface area contributed by atoms with Crippen molar-refractivity contribution in [2.24, 2.45) is 16.7 Å². The average Bonchev–Trinajstić information content (AvgIpc) is 3.28. The van der Waals surface area contributed by atoms with Crippen LogP contribution in [0.3, 0.4) is 0 Å². The molecule has 0 amide bonds. The number of carbonyl (C=O) groups is 3. The molecule has 0 aromatic heterocycles. The van der Waals surface area contributed by atoms with E-state index >= 15 is 0 Å². The summed E-state index contributed by atoms with van der Waals surface area (Å²) < 4.78 is 9.10. The lowest BCUT2D eigenvalue weighted by molar-refractivity contribution is -0.138. The fraction of sp³-hybridized carbons (Fsp3) is 0.800. The van der Waals surface area contributed by atoms with Crippen LogP contribution < -0.4 is 0 Å². The minimum atomic E-state index is -0.394. The number of ether oxygens (including phenoxy) is 2. The average molecular weight is 563 g/mol. The van der Waals surface area contributed by atoms with Gasteiger partial charge in [-0.2, -0.15) is 0 Å². The van der Waals surface area contributed by atoms with Crippen molar-refractivity contribution in [1.29, 1.82) is 0 Å². The molecular formula is C35H62O5. The second kappa shape index (κ2) is 22.7. The molecule has 5 heteroatoms. The first-order valence-electron chi connectivity index (χ1n) is 16.1. The van der Waals surface area contributed by atoms with E-state index in [-0.39, 0.29) is 16.8 Å². The largest absolute Gasteiger partial charge is 0.466 e. The number of fused-ring (bicyclic) bond motifs is 2. The van der Waals surface area contributed by atoms with Crippen molar-refractivity contribution in [3.05, 3.63) is 25.3 Å². The van der Waals surface area contributed by atoms with Gasteiger partial charge in [0.2, 0.25) is 0 Å². The predicted molar refractivity (Wildman–Crippen MR) is 167 cm³/mol. The Balaban J connectivity index is 0.000000723. The lowest BCUT2D eigenvalue weighted by Crippen LogP contribution is -2.32. The van der Waals surface area contributed by atoms with Gasteiger partial charge in [-0.1, -0.05) is 137 Å². The second-order valence-electron chi connectivity index (χ2n) is 12.3. The molecule has 40 heavy (non-hydrogen) atoms. The monoisotopic (exact) mass is 562 g/mol. The number of methoxy groups -OCH3 is 1. The van der Waals surface area contributed by atoms with Crippen LogP contribution in [0.2, 0.25) is 0 Å². The Kier molecular flexibility index (Phi) is 21.7. The van der Waals surface area contributed by atoms with Crippen LogP contribution in [0.25, 0.3) is 0 Å². The first-order valence-corrected chi connectivity index (χ1v) is 16.1. The zero-order valence-corrected chi connectivity index (χ0v) is 26.8. The molecule has 0 aromatic carbocycles. The molecule has 0 aliphatic heterocycles. The molecule has 2 bridgehead atoms. The third kappa shape index (κ3) is 15.2. The van der Waals surface area contributed by atoms with Gasteiger partial charge in [-0.25, -0.2) is 9.59 Å². The maximum Gasteiger partial charge on any atom is 0.330 e. The van der Waals surface area contributed by atoms with Crippen LogP contribution in [0.1, 0.15) is 150 Å². The maximum absolute atomic E-state index is 11.6. The van der Waals surface area contributed by atoms with E-state index in [1.165, 1.54) is 116 Å². The van der Waals surface area contributed by atoms with Crippen LogP contribution in [0.5, 0.6) is 0 Å². The van der Waals surface area contributed by atoms with Crippen molar-refractivity contribution in [2.45, 2.75) is 150 Å². The van der Waals surface area contributed by atoms with E-state index in [4.69, 9.17) is 4.74 Å². The summed E-state index contributed by atoms with van der Waals surface area (Å²) in [6.45, 7) is 16.0. The van der Waals surface area contributed by atoms with Crippen molar-refractivity contribution in [3.63, 3.8) is 0 Å². The van der Waals surface area contributed by atoms with Gasteiger partial charge in [0.25, 0.3) is 0 Å². The van der Waals surface area contributed by atoms with Crippen molar-refractivity contribution >= 4 is 17.7 Å². The highest BCUT2D eigenvalue weighted by Gasteiger charge is 2.61. The molecular weight excluding hydrogens is 500 g/mol. The van der Waals surface area contributed by atoms with Crippen molar-refractivity contribution in [2.75, 3.05) is 13.7 Å². The maximum atomic E-state index is 11.6. The minimum Gasteiger partial charge on any atom is -0.466 e. The van der Waals surface area contributed by atoms with Crippen LogP contribution in [-0.2, 0) is 23.9 Å². The molecule has 2 aliphatic carbocycles. The van der Waals surface area contributed by atoms with Gasteiger partial charge in [0.15, 0.2) is 0 Å². The Hall–Kier alpha value is -1.91. The fourth-order valence-electron chi connectivity index (χ4n) is 5.87. The van der Waals surface area contributed by atoms with Gasteiger partial charge in [0.1, 0.15) is 5.78 Å². The fourth-order valence-corrected chi connectivity index (χ4v) is 5.87. The molecule has 232 valence electrons. The van der Waals surface area contributed by atoms with Gasteiger partial charge in [0.05, 0.1) is 13.7 Å². The van der Waals surface area contributed by atoms with E-state index in [1.807, 2.05) is 0 Å². The van der Waals surface area contributed by atoms with Crippen molar-refractivity contribution < 1.29 is 23.9 Å². The van der Waals surface area contributed by atoms with E-state index < -0.39 is 5.97 Å². The molecule has 0 N–H and O–H groups in total. The lowest BCUT2D eigenvalue weighted by atomic mass is 9.70. The van der Waals surface area contributed by atoms with E-state index in [9.17, 15) is 14.4 Å². The van der Waals surface area contributed by atoms with Crippen molar-refractivity contribution in [1.82, 2.24) is 0 Å². The quantitative estimate of drug-likeness (QED) is 0.0890. The Morgan fingerprint density at radius 1 is 0.775 bits per heavy atom. The van der Waals surface area contributed by atoms with Crippen LogP contribution in [-0.4, -0.2) is 31.4 Å². The number of carbonyl (C=O) groups excluding carboxylic acids is 3. The molecule has 0 heterocycles. The Morgan fingerprint density at radius 3 is 1.45 bits per heavy atom. The van der Waals surface area contributed by atoms with Crippen LogP contribution in [0.4, 0.5) is 0 Å². The molecule has 0 radical (unpaired) electrons. The highest BCUT2D eigenvalue weighted by atomic mass is 16.5. The molecule has 2 aliphatic rings. The summed E-state index contributed by atoms with van der Waals surface area (Å²) in [6, 6.07) is 0. The van der Waals surface area contributed by atoms with Gasteiger partial charge in [-0.05, 0) is 30.6 Å². The number of hydrogen-bond donors (Lipinski definition) is 0. The Bertz CT molecular complexity index is 725. The summed E-state index contributed by atoms with van der Waals surface area (Å²) in [6.07, 6.45) is 27.3. The standard InChI is InChI=1S/C21H40O2.C10H16O.C4H6O2/c1-3-5-6-7-8-9-10-11-12-13-14-15-16-17-18-19-20-23-21(22)4-2;1-9(2)7-4-5-10(9,3)8(11)6-7;1-3-4(5)6-2/h4H,2-3,5-20H2,1H3;7H,4-6H2,1-3H3;3H,1H2,2H3. The molecule has 0 spiro atoms. The summed E-state index contributed by atoms with van der Waals surface area (Å²) in [7, 11) is 1.31. The zero-order valence-electron chi connectivity index (χ0n) is 26.8. The number of ketones is 1. The van der Waals surface area contributed by atoms with Crippen LogP contribution in [0, 0.1) is 16.7 Å². The number of esters is 2. The first-order chi connectivity index (χ1) is 19.1. The number of hydrogen-bond acceptors (Lipinski definition) is 5. The minimum absolute atomic E-state index is 0.0255. The van der Waals surface area contributed by atoms with E-state index in [0.717, 1.165) is 25.3 Å². The van der Waals surface area contributed by atoms with Gasteiger partial charge >= 0.3 is 11.9 Å². The van der Waals surface area contributed by atoms with Gasteiger partial charge in [-0.3, -0.25) is 4.79 Å². The third-order valence-corrected chi connectivity index (χ3v) is 9.26. The number of Topliss-reactive ketones (excluding diaryl/α,β-unsaturated/α-hetero) is 1. The normalized spacial score (nSPS) is 20.0. The molecule has 5 nitrogen and oxygen atoms in total. The first kappa shape index (κ1) is 38.1. The smallest absolute Gasteiger partial charge is 0.330 e. The molecule has 0 aromatic rings. The molecule has 2 atom stereocenters. The molecule has 2 fully saturated rings. The third-order valence-electron chi connectivity index (χ3n) is 9.26. The Morgan fingerprint density at radius 2 is 1.20 bits per heavy atom. The van der Waals surface area contributed by atoms with Crippen LogP contribution in [0.15, 0.2) is 25.3 Å². The van der Waals surface area contributed by atoms with E-state index in [1.54, 1.807) is 0 Å². The summed E-state index contributed by atoms with van der Waals surface area (Å²) >= 11 is 0. The summed E-state index contributed by atoms with van der Waals surface area (Å²) in [5.74, 6) is 0.500. The van der Waals surface area contributed by atoms with Crippen molar-refractivity contribution in [3.8, 4) is 0 Å². The van der Waals surface area contributed by atoms with Gasteiger partial charge in [-0.15, -0.1) is 0 Å². The van der Waals surface area contributed by atoms with E-state index in [0.29, 0.717) is 18.3 Å². The van der Waals surface area contributed by atoms with Crippen LogP contribution >= 0.6 is 0 Å². The van der Waals surface area contributed by atoms with Gasteiger partial charge in [0, 0.05) is 24.0 Å². The Labute approximate surface area is 246 Å². The summed E-state index contributed by atoms with van der Waals surface area (Å²) in [5.41, 5.74) is 0.307. The lowest BCUT2D eigenvalue weighted by Gasteiger charge is -2.32. The van der Waals surface area contributed by atoms with E-state index in [2.05, 4.69) is 45.6 Å². The second-order valence-corrected chi connectivity index (χ2v) is 12.3. The number of rotatable bonds is 19. The molecule has 2 rings (SSSR count). The molecule has 0 saturated heterocycles. The summed E-state index contributed by atoms with van der Waals surface area (Å²) in [4.78, 5) is 32.2. The topological polar surface area (TPSA) is 69.7 Å².